The molecule has 0 aliphatic rings. The summed E-state index contributed by atoms with van der Waals surface area (Å²) in [7, 11) is 4.69. The van der Waals surface area contributed by atoms with Crippen LogP contribution in [0, 0.1) is 5.82 Å². The zero-order valence-electron chi connectivity index (χ0n) is 8.86. The van der Waals surface area contributed by atoms with Crippen LogP contribution in [0.2, 0.25) is 5.02 Å². The van der Waals surface area contributed by atoms with Crippen molar-refractivity contribution in [1.82, 2.24) is 5.32 Å². The van der Waals surface area contributed by atoms with Crippen LogP contribution in [0.5, 0.6) is 11.5 Å². The molecule has 0 heterocycles. The summed E-state index contributed by atoms with van der Waals surface area (Å²) in [6.07, 6.45) is 0. The maximum Gasteiger partial charge on any atom is 0.166 e. The Hall–Kier alpha value is -1.00. The van der Waals surface area contributed by atoms with E-state index in [2.05, 4.69) is 5.32 Å². The SMILES string of the molecule is CNCc1c(Cl)c(F)cc(OC)c1OC. The molecular weight excluding hydrogens is 221 g/mol. The first kappa shape index (κ1) is 12.1. The number of hydrogen-bond acceptors (Lipinski definition) is 3. The standard InChI is InChI=1S/C10H13ClFNO2/c1-13-5-6-9(11)7(12)4-8(14-2)10(6)15-3/h4,13H,5H2,1-3H3. The first-order valence-corrected chi connectivity index (χ1v) is 4.77. The van der Waals surface area contributed by atoms with Gasteiger partial charge in [0, 0.05) is 18.2 Å². The van der Waals surface area contributed by atoms with Gasteiger partial charge in [-0.1, -0.05) is 11.6 Å². The predicted molar refractivity (Wildman–Crippen MR) is 57.3 cm³/mol. The molecular formula is C10H13ClFNO2. The van der Waals surface area contributed by atoms with Crippen molar-refractivity contribution in [3.63, 3.8) is 0 Å². The van der Waals surface area contributed by atoms with Gasteiger partial charge in [-0.3, -0.25) is 0 Å². The summed E-state index contributed by atoms with van der Waals surface area (Å²) in [4.78, 5) is 0. The highest BCUT2D eigenvalue weighted by Gasteiger charge is 2.17. The summed E-state index contributed by atoms with van der Waals surface area (Å²) in [5, 5.41) is 2.95. The van der Waals surface area contributed by atoms with E-state index in [1.165, 1.54) is 20.3 Å². The van der Waals surface area contributed by atoms with Gasteiger partial charge in [-0.25, -0.2) is 4.39 Å². The van der Waals surface area contributed by atoms with Gasteiger partial charge in [0.15, 0.2) is 11.5 Å². The first-order chi connectivity index (χ1) is 7.15. The first-order valence-electron chi connectivity index (χ1n) is 4.39. The number of ether oxygens (including phenoxy) is 2. The summed E-state index contributed by atoms with van der Waals surface area (Å²) in [5.74, 6) is 0.280. The zero-order chi connectivity index (χ0) is 11.4. The quantitative estimate of drug-likeness (QED) is 0.865. The average molecular weight is 234 g/mol. The molecule has 3 nitrogen and oxygen atoms in total. The van der Waals surface area contributed by atoms with Crippen molar-refractivity contribution in [2.24, 2.45) is 0 Å². The Balaban J connectivity index is 3.35. The second kappa shape index (κ2) is 5.19. The molecule has 0 radical (unpaired) electrons. The molecule has 0 amide bonds. The molecule has 0 aromatic heterocycles. The normalized spacial score (nSPS) is 10.2. The minimum absolute atomic E-state index is 0.0574. The largest absolute Gasteiger partial charge is 0.493 e. The Labute approximate surface area is 93.1 Å². The van der Waals surface area contributed by atoms with Crippen molar-refractivity contribution in [2.75, 3.05) is 21.3 Å². The second-order valence-electron chi connectivity index (χ2n) is 2.92. The lowest BCUT2D eigenvalue weighted by Gasteiger charge is -2.14. The van der Waals surface area contributed by atoms with Gasteiger partial charge in [0.1, 0.15) is 5.82 Å². The van der Waals surface area contributed by atoms with Crippen LogP contribution in [-0.4, -0.2) is 21.3 Å². The highest BCUT2D eigenvalue weighted by molar-refractivity contribution is 6.31. The van der Waals surface area contributed by atoms with Crippen molar-refractivity contribution >= 4 is 11.6 Å². The molecule has 0 atom stereocenters. The van der Waals surface area contributed by atoms with Gasteiger partial charge < -0.3 is 14.8 Å². The number of nitrogens with one attached hydrogen (secondary N) is 1. The van der Waals surface area contributed by atoms with Crippen LogP contribution in [0.3, 0.4) is 0 Å². The third-order valence-electron chi connectivity index (χ3n) is 2.01. The van der Waals surface area contributed by atoms with E-state index >= 15 is 0 Å². The Kier molecular flexibility index (Phi) is 4.17. The predicted octanol–water partition coefficient (Wildman–Crippen LogP) is 2.22. The summed E-state index contributed by atoms with van der Waals surface area (Å²) >= 11 is 5.83. The van der Waals surface area contributed by atoms with Gasteiger partial charge in [-0.15, -0.1) is 0 Å². The number of rotatable bonds is 4. The lowest BCUT2D eigenvalue weighted by molar-refractivity contribution is 0.348. The maximum absolute atomic E-state index is 13.4. The second-order valence-corrected chi connectivity index (χ2v) is 3.29. The molecule has 0 saturated heterocycles. The molecule has 0 bridgehead atoms. The number of halogens is 2. The van der Waals surface area contributed by atoms with Gasteiger partial charge in [0.2, 0.25) is 0 Å². The van der Waals surface area contributed by atoms with E-state index in [0.29, 0.717) is 23.6 Å². The third kappa shape index (κ3) is 2.33. The molecule has 0 saturated carbocycles. The molecule has 1 N–H and O–H groups in total. The molecule has 1 rings (SSSR count). The van der Waals surface area contributed by atoms with E-state index in [9.17, 15) is 4.39 Å². The summed E-state index contributed by atoms with van der Waals surface area (Å²) in [5.41, 5.74) is 0.554. The van der Waals surface area contributed by atoms with Crippen molar-refractivity contribution in [3.8, 4) is 11.5 Å². The van der Waals surface area contributed by atoms with Crippen LogP contribution < -0.4 is 14.8 Å². The lowest BCUT2D eigenvalue weighted by Crippen LogP contribution is -2.09. The Morgan fingerprint density at radius 2 is 2.07 bits per heavy atom. The molecule has 1 aromatic rings. The molecule has 1 aromatic carbocycles. The van der Waals surface area contributed by atoms with E-state index < -0.39 is 5.82 Å². The van der Waals surface area contributed by atoms with E-state index in [1.54, 1.807) is 7.05 Å². The van der Waals surface area contributed by atoms with Crippen molar-refractivity contribution in [2.45, 2.75) is 6.54 Å². The number of hydrogen-bond donors (Lipinski definition) is 1. The van der Waals surface area contributed by atoms with Gasteiger partial charge in [0.25, 0.3) is 0 Å². The van der Waals surface area contributed by atoms with Gasteiger partial charge in [-0.05, 0) is 7.05 Å². The topological polar surface area (TPSA) is 30.5 Å². The molecule has 0 aliphatic heterocycles. The van der Waals surface area contributed by atoms with Crippen molar-refractivity contribution in [1.29, 1.82) is 0 Å². The molecule has 0 unspecified atom stereocenters. The van der Waals surface area contributed by atoms with Crippen molar-refractivity contribution < 1.29 is 13.9 Å². The Morgan fingerprint density at radius 1 is 1.40 bits per heavy atom. The van der Waals surface area contributed by atoms with E-state index in [-0.39, 0.29) is 5.02 Å². The molecule has 0 aliphatic carbocycles. The minimum atomic E-state index is -0.514. The molecule has 5 heteroatoms. The molecule has 15 heavy (non-hydrogen) atoms. The van der Waals surface area contributed by atoms with Gasteiger partial charge in [-0.2, -0.15) is 0 Å². The zero-order valence-corrected chi connectivity index (χ0v) is 9.61. The summed E-state index contributed by atoms with van der Waals surface area (Å²) in [6.45, 7) is 0.413. The molecule has 84 valence electrons. The van der Waals surface area contributed by atoms with Crippen LogP contribution in [0.15, 0.2) is 6.07 Å². The summed E-state index contributed by atoms with van der Waals surface area (Å²) < 4.78 is 23.5. The van der Waals surface area contributed by atoms with Crippen LogP contribution >= 0.6 is 11.6 Å². The van der Waals surface area contributed by atoms with Gasteiger partial charge >= 0.3 is 0 Å². The maximum atomic E-state index is 13.4. The number of methoxy groups -OCH3 is 2. The smallest absolute Gasteiger partial charge is 0.166 e. The Morgan fingerprint density at radius 3 is 2.53 bits per heavy atom. The average Bonchev–Trinajstić information content (AvgIpc) is 2.24. The number of benzene rings is 1. The van der Waals surface area contributed by atoms with Gasteiger partial charge in [0.05, 0.1) is 19.2 Å². The fourth-order valence-corrected chi connectivity index (χ4v) is 1.55. The molecule has 0 fully saturated rings. The van der Waals surface area contributed by atoms with Crippen LogP contribution in [0.1, 0.15) is 5.56 Å². The van der Waals surface area contributed by atoms with Crippen LogP contribution in [0.25, 0.3) is 0 Å². The van der Waals surface area contributed by atoms with E-state index in [0.717, 1.165) is 0 Å². The van der Waals surface area contributed by atoms with Crippen molar-refractivity contribution in [3.05, 3.63) is 22.5 Å². The van der Waals surface area contributed by atoms with Crippen LogP contribution in [0.4, 0.5) is 4.39 Å². The third-order valence-corrected chi connectivity index (χ3v) is 2.42. The summed E-state index contributed by atoms with van der Waals surface area (Å²) in [6, 6.07) is 1.21. The lowest BCUT2D eigenvalue weighted by atomic mass is 10.1. The fourth-order valence-electron chi connectivity index (χ4n) is 1.35. The van der Waals surface area contributed by atoms with E-state index in [1.807, 2.05) is 0 Å². The monoisotopic (exact) mass is 233 g/mol. The Bertz CT molecular complexity index is 358. The molecule has 0 spiro atoms. The van der Waals surface area contributed by atoms with E-state index in [4.69, 9.17) is 21.1 Å². The minimum Gasteiger partial charge on any atom is -0.493 e. The highest BCUT2D eigenvalue weighted by Crippen LogP contribution is 2.37. The van der Waals surface area contributed by atoms with Crippen LogP contribution in [-0.2, 0) is 6.54 Å². The highest BCUT2D eigenvalue weighted by atomic mass is 35.5. The fraction of sp³-hybridized carbons (Fsp3) is 0.400.